The first-order chi connectivity index (χ1) is 12.3. The number of methoxy groups -OCH3 is 1. The molecule has 0 saturated heterocycles. The highest BCUT2D eigenvalue weighted by Crippen LogP contribution is 2.29. The number of aromatic nitrogens is 2. The molecule has 1 atom stereocenters. The molecule has 9 heteroatoms. The maximum atomic E-state index is 12.9. The highest BCUT2D eigenvalue weighted by Gasteiger charge is 2.31. The Balaban J connectivity index is 2.27. The van der Waals surface area contributed by atoms with Gasteiger partial charge in [-0.05, 0) is 31.7 Å². The molecule has 0 aliphatic carbocycles. The molecular formula is C17H21FN4O4. The van der Waals surface area contributed by atoms with Gasteiger partial charge in [-0.3, -0.25) is 4.79 Å². The lowest BCUT2D eigenvalue weighted by atomic mass is 10.0. The van der Waals surface area contributed by atoms with E-state index >= 15 is 0 Å². The van der Waals surface area contributed by atoms with Gasteiger partial charge < -0.3 is 25.6 Å². The topological polar surface area (TPSA) is 117 Å². The van der Waals surface area contributed by atoms with Crippen LogP contribution in [0.25, 0.3) is 0 Å². The van der Waals surface area contributed by atoms with Crippen LogP contribution in [0, 0.1) is 5.82 Å². The summed E-state index contributed by atoms with van der Waals surface area (Å²) in [5.74, 6) is -2.43. The summed E-state index contributed by atoms with van der Waals surface area (Å²) in [6.45, 7) is 1.99. The molecule has 2 rings (SSSR count). The molecule has 140 valence electrons. The molecule has 0 aliphatic rings. The van der Waals surface area contributed by atoms with E-state index in [1.165, 1.54) is 31.4 Å². The number of benzene rings is 1. The van der Waals surface area contributed by atoms with Crippen LogP contribution in [-0.2, 0) is 16.8 Å². The van der Waals surface area contributed by atoms with Gasteiger partial charge in [0.05, 0.1) is 12.1 Å². The normalized spacial score (nSPS) is 13.2. The van der Waals surface area contributed by atoms with E-state index in [1.807, 2.05) is 0 Å². The molecule has 0 radical (unpaired) electrons. The zero-order valence-corrected chi connectivity index (χ0v) is 14.7. The number of hydrogen-bond donors (Lipinski definition) is 4. The van der Waals surface area contributed by atoms with Crippen molar-refractivity contribution in [2.45, 2.75) is 19.0 Å². The molecular weight excluding hydrogens is 343 g/mol. The number of carbonyl (C=O) groups is 1. The van der Waals surface area contributed by atoms with E-state index in [0.717, 1.165) is 0 Å². The second kappa shape index (κ2) is 8.07. The summed E-state index contributed by atoms with van der Waals surface area (Å²) in [4.78, 5) is 20.3. The molecule has 1 unspecified atom stereocenters. The molecule has 4 N–H and O–H groups in total. The zero-order valence-electron chi connectivity index (χ0n) is 14.7. The predicted octanol–water partition coefficient (Wildman–Crippen LogP) is 1.04. The van der Waals surface area contributed by atoms with Crippen LogP contribution < -0.4 is 10.6 Å². The van der Waals surface area contributed by atoms with Crippen LogP contribution in [0.3, 0.4) is 0 Å². The number of nitrogens with one attached hydrogen (secondary N) is 2. The summed E-state index contributed by atoms with van der Waals surface area (Å²) >= 11 is 0. The Kier molecular flexibility index (Phi) is 6.06. The number of amides is 1. The minimum Gasteiger partial charge on any atom is -0.501 e. The van der Waals surface area contributed by atoms with Crippen molar-refractivity contribution in [1.82, 2.24) is 20.6 Å². The third-order valence-corrected chi connectivity index (χ3v) is 3.93. The quantitative estimate of drug-likeness (QED) is 0.580. The van der Waals surface area contributed by atoms with Crippen LogP contribution in [0.5, 0.6) is 11.6 Å². The van der Waals surface area contributed by atoms with Gasteiger partial charge in [0, 0.05) is 13.7 Å². The maximum absolute atomic E-state index is 12.9. The van der Waals surface area contributed by atoms with Crippen molar-refractivity contribution in [2.75, 3.05) is 20.8 Å². The van der Waals surface area contributed by atoms with Crippen LogP contribution in [-0.4, -0.2) is 46.9 Å². The van der Waals surface area contributed by atoms with Crippen LogP contribution in [0.15, 0.2) is 24.3 Å². The smallest absolute Gasteiger partial charge is 0.274 e. The van der Waals surface area contributed by atoms with Gasteiger partial charge in [0.15, 0.2) is 11.5 Å². The molecule has 1 amide bonds. The first-order valence-electron chi connectivity index (χ1n) is 7.81. The molecule has 8 nitrogen and oxygen atoms in total. The van der Waals surface area contributed by atoms with E-state index in [4.69, 9.17) is 4.74 Å². The maximum Gasteiger partial charge on any atom is 0.274 e. The molecule has 2 aromatic rings. The predicted molar refractivity (Wildman–Crippen MR) is 91.2 cm³/mol. The summed E-state index contributed by atoms with van der Waals surface area (Å²) in [5, 5.41) is 25.4. The van der Waals surface area contributed by atoms with Gasteiger partial charge in [-0.25, -0.2) is 9.37 Å². The first-order valence-corrected chi connectivity index (χ1v) is 7.81. The highest BCUT2D eigenvalue weighted by atomic mass is 19.1. The Bertz CT molecular complexity index is 785. The first kappa shape index (κ1) is 19.5. The number of ether oxygens (including phenoxy) is 1. The van der Waals surface area contributed by atoms with Crippen LogP contribution in [0.4, 0.5) is 4.39 Å². The van der Waals surface area contributed by atoms with Crippen molar-refractivity contribution >= 4 is 5.91 Å². The average molecular weight is 364 g/mol. The Hall–Kier alpha value is -2.78. The Morgan fingerprint density at radius 1 is 1.27 bits per heavy atom. The number of likely N-dealkylation sites (N-methyl/N-ethyl adjacent to an activating group) is 1. The average Bonchev–Trinajstić information content (AvgIpc) is 2.63. The number of aromatic hydroxyl groups is 2. The van der Waals surface area contributed by atoms with Gasteiger partial charge in [0.2, 0.25) is 5.75 Å². The number of nitrogens with zero attached hydrogens (tertiary/aromatic N) is 2. The van der Waals surface area contributed by atoms with Crippen molar-refractivity contribution in [2.24, 2.45) is 0 Å². The van der Waals surface area contributed by atoms with E-state index in [0.29, 0.717) is 5.56 Å². The minimum atomic E-state index is -0.883. The van der Waals surface area contributed by atoms with E-state index in [-0.39, 0.29) is 30.5 Å². The van der Waals surface area contributed by atoms with Gasteiger partial charge in [-0.15, -0.1) is 0 Å². The minimum absolute atomic E-state index is 0.0871. The van der Waals surface area contributed by atoms with E-state index in [1.54, 1.807) is 14.0 Å². The molecule has 0 bridgehead atoms. The fraction of sp³-hybridized carbons (Fsp3) is 0.353. The standard InChI is InChI=1S/C17H21FN4O4/c1-17(19-2,9-26-3)16-21-12(13(23)15(25)22-16)14(24)20-8-10-4-6-11(18)7-5-10/h4-7,19,23H,8-9H2,1-3H3,(H,20,24)(H,21,22,25). The van der Waals surface area contributed by atoms with Gasteiger partial charge in [-0.1, -0.05) is 12.1 Å². The summed E-state index contributed by atoms with van der Waals surface area (Å²) in [6, 6.07) is 5.59. The summed E-state index contributed by atoms with van der Waals surface area (Å²) in [6.07, 6.45) is 0. The summed E-state index contributed by atoms with van der Waals surface area (Å²) < 4.78 is 18.0. The lowest BCUT2D eigenvalue weighted by Gasteiger charge is -2.27. The Labute approximate surface area is 150 Å². The van der Waals surface area contributed by atoms with Gasteiger partial charge in [0.1, 0.15) is 5.82 Å². The molecule has 1 aromatic carbocycles. The molecule has 1 aromatic heterocycles. The second-order valence-electron chi connectivity index (χ2n) is 5.89. The zero-order chi connectivity index (χ0) is 19.3. The van der Waals surface area contributed by atoms with E-state index < -0.39 is 23.1 Å². The Morgan fingerprint density at radius 2 is 1.92 bits per heavy atom. The van der Waals surface area contributed by atoms with E-state index in [9.17, 15) is 19.4 Å². The van der Waals surface area contributed by atoms with Crippen molar-refractivity contribution in [3.8, 4) is 11.6 Å². The monoisotopic (exact) mass is 364 g/mol. The fourth-order valence-electron chi connectivity index (χ4n) is 2.25. The lowest BCUT2D eigenvalue weighted by molar-refractivity contribution is 0.0936. The van der Waals surface area contributed by atoms with Crippen molar-refractivity contribution in [1.29, 1.82) is 0 Å². The number of carbonyl (C=O) groups excluding carboxylic acids is 1. The molecule has 0 fully saturated rings. The molecule has 0 aliphatic heterocycles. The summed E-state index contributed by atoms with van der Waals surface area (Å²) in [7, 11) is 3.15. The molecule has 0 saturated carbocycles. The highest BCUT2D eigenvalue weighted by molar-refractivity contribution is 5.95. The van der Waals surface area contributed by atoms with Crippen LogP contribution in [0.1, 0.15) is 28.8 Å². The van der Waals surface area contributed by atoms with Gasteiger partial charge in [-0.2, -0.15) is 4.98 Å². The molecule has 0 spiro atoms. The van der Waals surface area contributed by atoms with Crippen molar-refractivity contribution in [3.63, 3.8) is 0 Å². The van der Waals surface area contributed by atoms with E-state index in [2.05, 4.69) is 20.6 Å². The third kappa shape index (κ3) is 4.24. The molecule has 1 heterocycles. The fourth-order valence-corrected chi connectivity index (χ4v) is 2.25. The second-order valence-corrected chi connectivity index (χ2v) is 5.89. The van der Waals surface area contributed by atoms with Crippen LogP contribution in [0.2, 0.25) is 0 Å². The Morgan fingerprint density at radius 3 is 2.50 bits per heavy atom. The number of hydrogen-bond acceptors (Lipinski definition) is 7. The van der Waals surface area contributed by atoms with Crippen molar-refractivity contribution < 1.29 is 24.1 Å². The molecule has 26 heavy (non-hydrogen) atoms. The van der Waals surface area contributed by atoms with Crippen molar-refractivity contribution in [3.05, 3.63) is 47.2 Å². The van der Waals surface area contributed by atoms with Gasteiger partial charge >= 0.3 is 0 Å². The third-order valence-electron chi connectivity index (χ3n) is 3.93. The largest absolute Gasteiger partial charge is 0.501 e. The SMILES string of the molecule is CNC(C)(COC)c1nc(O)c(O)c(C(=O)NCc2ccc(F)cc2)n1. The summed E-state index contributed by atoms with van der Waals surface area (Å²) in [5.41, 5.74) is -0.587. The number of halogens is 1. The van der Waals surface area contributed by atoms with Gasteiger partial charge in [0.25, 0.3) is 11.8 Å². The number of rotatable bonds is 7. The lowest BCUT2D eigenvalue weighted by Crippen LogP contribution is -2.43. The van der Waals surface area contributed by atoms with Crippen LogP contribution >= 0.6 is 0 Å².